The van der Waals surface area contributed by atoms with E-state index in [9.17, 15) is 19.2 Å². The number of piperidine rings is 1. The summed E-state index contributed by atoms with van der Waals surface area (Å²) < 4.78 is 15.4. The summed E-state index contributed by atoms with van der Waals surface area (Å²) in [4.78, 5) is 74.8. The molecule has 10 rings (SSSR count). The fourth-order valence-corrected chi connectivity index (χ4v) is 10.8. The van der Waals surface area contributed by atoms with Crippen molar-refractivity contribution >= 4 is 67.6 Å². The van der Waals surface area contributed by atoms with Gasteiger partial charge in [-0.05, 0) is 81.8 Å². The highest BCUT2D eigenvalue weighted by molar-refractivity contribution is 6.07. The lowest BCUT2D eigenvalue weighted by Gasteiger charge is -2.36. The number of hydrogen-bond donors (Lipinski definition) is 4. The van der Waals surface area contributed by atoms with Crippen LogP contribution in [0.5, 0.6) is 0 Å². The van der Waals surface area contributed by atoms with Crippen LogP contribution >= 0.6 is 0 Å². The molecule has 4 N–H and O–H groups in total. The molecule has 15 heteroatoms. The zero-order valence-electron chi connectivity index (χ0n) is 38.8. The summed E-state index contributed by atoms with van der Waals surface area (Å²) in [7, 11) is 4.25. The summed E-state index contributed by atoms with van der Waals surface area (Å²) in [6.45, 7) is 8.95. The Balaban J connectivity index is 0.930. The van der Waals surface area contributed by atoms with E-state index in [0.717, 1.165) is 67.0 Å². The molecule has 346 valence electrons. The van der Waals surface area contributed by atoms with E-state index in [-0.39, 0.29) is 35.9 Å². The molecule has 4 amide bonds. The van der Waals surface area contributed by atoms with E-state index in [1.807, 2.05) is 62.1 Å². The van der Waals surface area contributed by atoms with Gasteiger partial charge in [-0.15, -0.1) is 0 Å². The number of carbonyl (C=O) groups is 4. The molecular formula is C52H56N8O7. The first-order chi connectivity index (χ1) is 32.3. The molecule has 0 bridgehead atoms. The molecule has 67 heavy (non-hydrogen) atoms. The maximum atomic E-state index is 14.4. The van der Waals surface area contributed by atoms with E-state index in [2.05, 4.69) is 82.1 Å². The van der Waals surface area contributed by atoms with Crippen LogP contribution in [0, 0.1) is 23.2 Å². The molecule has 5 aromatic carbocycles. The SMILES string of the molecule is COC[C@H]1CC(c2nc3c(ccc4cc(-c5ccc6c(ccc7[nH]c(C8C[C@H]9[C@@H](C)[C@H]9N8C(=O)[C@@H](NC(=O)OC)C(C)(C)C)nc76)c5)ccc43)[nH]2)N(C(=O)[C@H](NC(=O)OC)c2ccccc2)C1. The number of carbonyl (C=O) groups excluding carboxylic acids is 4. The van der Waals surface area contributed by atoms with Gasteiger partial charge in [0.05, 0.1) is 55.0 Å². The first-order valence-electron chi connectivity index (χ1n) is 23.0. The number of hydrogen-bond acceptors (Lipinski definition) is 9. The number of aromatic amines is 2. The number of imidazole rings is 2. The highest BCUT2D eigenvalue weighted by Gasteiger charge is 2.62. The minimum atomic E-state index is -0.945. The molecule has 3 fully saturated rings. The van der Waals surface area contributed by atoms with Crippen molar-refractivity contribution in [3.63, 3.8) is 0 Å². The fraction of sp³-hybridized carbons (Fsp3) is 0.385. The van der Waals surface area contributed by atoms with E-state index in [1.54, 1.807) is 12.0 Å². The largest absolute Gasteiger partial charge is 0.453 e. The van der Waals surface area contributed by atoms with Crippen LogP contribution in [-0.4, -0.2) is 100 Å². The van der Waals surface area contributed by atoms with Gasteiger partial charge in [-0.1, -0.05) is 94.4 Å². The second-order valence-corrected chi connectivity index (χ2v) is 19.5. The van der Waals surface area contributed by atoms with Crippen LogP contribution in [0.3, 0.4) is 0 Å². The van der Waals surface area contributed by atoms with Crippen LogP contribution in [0.15, 0.2) is 91.0 Å². The van der Waals surface area contributed by atoms with Gasteiger partial charge in [0.1, 0.15) is 23.7 Å². The number of H-pyrrole nitrogens is 2. The van der Waals surface area contributed by atoms with Gasteiger partial charge in [-0.3, -0.25) is 9.59 Å². The molecule has 1 saturated carbocycles. The molecule has 7 aromatic rings. The highest BCUT2D eigenvalue weighted by atomic mass is 16.5. The standard InChI is InChI=1S/C52H56N8O7/c1-27-36-24-40(60(44(27)36)49(62)45(52(2,3)4)58-51(64)67-7)47-54-38-20-16-33-23-31(14-18-35(33)43(38)56-47)30-13-17-34-32(22-30)15-19-37-42(34)55-46(53-37)39-21-28(26-65-5)25-59(39)48(61)41(57-50(63)66-6)29-11-9-8-10-12-29/h8-20,22-23,27-28,36,39-41,44-45H,21,24-26H2,1-7H3,(H,53,55)(H,54,56)(H,57,63)(H,58,64)/t27-,28+,36+,39?,40?,41-,44-,45-/m1/s1. The lowest BCUT2D eigenvalue weighted by Crippen LogP contribution is -2.55. The third-order valence-electron chi connectivity index (χ3n) is 14.3. The maximum Gasteiger partial charge on any atom is 0.407 e. The van der Waals surface area contributed by atoms with Crippen molar-refractivity contribution in [3.05, 3.63) is 108 Å². The number of nitrogens with zero attached hydrogens (tertiary/aromatic N) is 4. The highest BCUT2D eigenvalue weighted by Crippen LogP contribution is 2.58. The first kappa shape index (κ1) is 43.9. The summed E-state index contributed by atoms with van der Waals surface area (Å²) in [5.74, 6) is 1.89. The van der Waals surface area contributed by atoms with Gasteiger partial charge in [0.2, 0.25) is 5.91 Å². The van der Waals surface area contributed by atoms with E-state index in [0.29, 0.717) is 42.8 Å². The number of methoxy groups -OCH3 is 3. The Morgan fingerprint density at radius 1 is 0.731 bits per heavy atom. The van der Waals surface area contributed by atoms with E-state index < -0.39 is 29.7 Å². The van der Waals surface area contributed by atoms with Crippen molar-refractivity contribution in [2.75, 3.05) is 34.5 Å². The molecule has 1 aliphatic carbocycles. The van der Waals surface area contributed by atoms with Crippen molar-refractivity contribution in [2.45, 2.75) is 70.7 Å². The Hall–Kier alpha value is -7.00. The fourth-order valence-electron chi connectivity index (χ4n) is 10.8. The number of fused-ring (bicyclic) bond motifs is 7. The number of amides is 4. The third-order valence-corrected chi connectivity index (χ3v) is 14.3. The monoisotopic (exact) mass is 904 g/mol. The molecule has 3 aliphatic rings. The summed E-state index contributed by atoms with van der Waals surface area (Å²) in [5, 5.41) is 9.63. The Labute approximate surface area is 387 Å². The molecule has 8 atom stereocenters. The molecule has 2 saturated heterocycles. The zero-order valence-corrected chi connectivity index (χ0v) is 38.8. The van der Waals surface area contributed by atoms with Crippen LogP contribution < -0.4 is 10.6 Å². The van der Waals surface area contributed by atoms with Gasteiger partial charge in [0, 0.05) is 36.4 Å². The Morgan fingerprint density at radius 2 is 1.31 bits per heavy atom. The van der Waals surface area contributed by atoms with Gasteiger partial charge in [0.25, 0.3) is 5.91 Å². The van der Waals surface area contributed by atoms with Crippen molar-refractivity contribution < 1.29 is 33.4 Å². The predicted octanol–water partition coefficient (Wildman–Crippen LogP) is 8.72. The number of likely N-dealkylation sites (tertiary alicyclic amines) is 2. The lowest BCUT2D eigenvalue weighted by molar-refractivity contribution is -0.138. The average molecular weight is 905 g/mol. The van der Waals surface area contributed by atoms with Gasteiger partial charge in [-0.25, -0.2) is 19.6 Å². The smallest absolute Gasteiger partial charge is 0.407 e. The summed E-state index contributed by atoms with van der Waals surface area (Å²) in [5.41, 5.74) is 5.65. The van der Waals surface area contributed by atoms with Crippen LogP contribution in [0.1, 0.15) is 75.9 Å². The predicted molar refractivity (Wildman–Crippen MR) is 255 cm³/mol. The number of aromatic nitrogens is 4. The van der Waals surface area contributed by atoms with Gasteiger partial charge >= 0.3 is 12.2 Å². The average Bonchev–Trinajstić information content (AvgIpc) is 3.93. The van der Waals surface area contributed by atoms with Crippen LogP contribution in [0.4, 0.5) is 9.59 Å². The number of benzene rings is 5. The minimum Gasteiger partial charge on any atom is -0.453 e. The maximum absolute atomic E-state index is 14.4. The lowest BCUT2D eigenvalue weighted by atomic mass is 9.85. The quantitative estimate of drug-likeness (QED) is 0.104. The van der Waals surface area contributed by atoms with Crippen LogP contribution in [0.25, 0.3) is 54.7 Å². The Morgan fingerprint density at radius 3 is 1.88 bits per heavy atom. The van der Waals surface area contributed by atoms with Crippen LogP contribution in [-0.2, 0) is 23.8 Å². The molecule has 2 unspecified atom stereocenters. The molecule has 0 radical (unpaired) electrons. The van der Waals surface area contributed by atoms with Crippen molar-refractivity contribution in [3.8, 4) is 11.1 Å². The van der Waals surface area contributed by atoms with Crippen molar-refractivity contribution in [1.29, 1.82) is 0 Å². The van der Waals surface area contributed by atoms with E-state index in [1.165, 1.54) is 14.2 Å². The summed E-state index contributed by atoms with van der Waals surface area (Å²) in [6.07, 6.45) is 0.130. The molecule has 15 nitrogen and oxygen atoms in total. The topological polar surface area (TPSA) is 184 Å². The zero-order chi connectivity index (χ0) is 46.9. The first-order valence-corrected chi connectivity index (χ1v) is 23.0. The normalized spacial score (nSPS) is 22.3. The van der Waals surface area contributed by atoms with Crippen molar-refractivity contribution in [2.24, 2.45) is 23.2 Å². The number of rotatable bonds is 10. The summed E-state index contributed by atoms with van der Waals surface area (Å²) in [6, 6.07) is 28.1. The third kappa shape index (κ3) is 7.88. The Bertz CT molecular complexity index is 3070. The van der Waals surface area contributed by atoms with Crippen molar-refractivity contribution in [1.82, 2.24) is 40.4 Å². The number of ether oxygens (including phenoxy) is 3. The molecule has 4 heterocycles. The molecule has 2 aromatic heterocycles. The number of alkyl carbamates (subject to hydrolysis) is 2. The van der Waals surface area contributed by atoms with Gasteiger partial charge in [-0.2, -0.15) is 0 Å². The molecule has 0 spiro atoms. The second-order valence-electron chi connectivity index (χ2n) is 19.5. The van der Waals surface area contributed by atoms with E-state index in [4.69, 9.17) is 24.2 Å². The molecular weight excluding hydrogens is 849 g/mol. The Kier molecular flexibility index (Phi) is 11.1. The van der Waals surface area contributed by atoms with E-state index >= 15 is 0 Å². The molecule has 2 aliphatic heterocycles. The number of nitrogens with one attached hydrogen (secondary N) is 4. The summed E-state index contributed by atoms with van der Waals surface area (Å²) >= 11 is 0. The second kappa shape index (κ2) is 17.0. The van der Waals surface area contributed by atoms with Crippen LogP contribution in [0.2, 0.25) is 0 Å². The van der Waals surface area contributed by atoms with Gasteiger partial charge in [0.15, 0.2) is 0 Å². The van der Waals surface area contributed by atoms with Gasteiger partial charge < -0.3 is 44.6 Å². The minimum absolute atomic E-state index is 0.0709.